The lowest BCUT2D eigenvalue weighted by atomic mass is 10.0. The highest BCUT2D eigenvalue weighted by Gasteiger charge is 2.39. The minimum Gasteiger partial charge on any atom is -0.339 e. The highest BCUT2D eigenvalue weighted by Crippen LogP contribution is 2.31. The predicted octanol–water partition coefficient (Wildman–Crippen LogP) is 2.39. The van der Waals surface area contributed by atoms with Crippen LogP contribution in [-0.2, 0) is 17.8 Å². The molecule has 6 heteroatoms. The SMILES string of the molecule is CCCc1nc(CN2CCC[C@@H]2[C@H]2CCCN2C(=O)CC)no1. The Balaban J connectivity index is 1.66. The monoisotopic (exact) mass is 320 g/mol. The molecule has 1 aromatic rings. The fraction of sp³-hybridized carbons (Fsp3) is 0.824. The number of rotatable bonds is 6. The van der Waals surface area contributed by atoms with Gasteiger partial charge in [0.15, 0.2) is 5.82 Å². The molecule has 2 aliphatic rings. The number of nitrogens with zero attached hydrogens (tertiary/aromatic N) is 4. The molecule has 0 aliphatic carbocycles. The number of hydrogen-bond donors (Lipinski definition) is 0. The first-order chi connectivity index (χ1) is 11.2. The Labute approximate surface area is 138 Å². The highest BCUT2D eigenvalue weighted by molar-refractivity contribution is 5.76. The third-order valence-electron chi connectivity index (χ3n) is 5.10. The summed E-state index contributed by atoms with van der Waals surface area (Å²) in [5.41, 5.74) is 0. The molecule has 2 fully saturated rings. The summed E-state index contributed by atoms with van der Waals surface area (Å²) in [4.78, 5) is 21.2. The van der Waals surface area contributed by atoms with Gasteiger partial charge in [-0.15, -0.1) is 0 Å². The van der Waals surface area contributed by atoms with Crippen LogP contribution < -0.4 is 0 Å². The molecule has 0 bridgehead atoms. The molecule has 23 heavy (non-hydrogen) atoms. The maximum atomic E-state index is 12.2. The molecule has 3 rings (SSSR count). The van der Waals surface area contributed by atoms with E-state index in [0.717, 1.165) is 63.5 Å². The Morgan fingerprint density at radius 2 is 2.00 bits per heavy atom. The molecule has 0 saturated carbocycles. The minimum absolute atomic E-state index is 0.296. The van der Waals surface area contributed by atoms with Crippen LogP contribution in [0.5, 0.6) is 0 Å². The molecule has 3 heterocycles. The number of aromatic nitrogens is 2. The number of carbonyl (C=O) groups excluding carboxylic acids is 1. The molecule has 0 unspecified atom stereocenters. The second-order valence-corrected chi connectivity index (χ2v) is 6.68. The van der Waals surface area contributed by atoms with E-state index in [0.29, 0.717) is 24.4 Å². The van der Waals surface area contributed by atoms with Gasteiger partial charge in [-0.3, -0.25) is 9.69 Å². The molecule has 0 radical (unpaired) electrons. The van der Waals surface area contributed by atoms with Gasteiger partial charge in [0.2, 0.25) is 11.8 Å². The second kappa shape index (κ2) is 7.43. The van der Waals surface area contributed by atoms with Crippen molar-refractivity contribution in [2.45, 2.75) is 77.4 Å². The lowest BCUT2D eigenvalue weighted by molar-refractivity contribution is -0.132. The maximum Gasteiger partial charge on any atom is 0.226 e. The van der Waals surface area contributed by atoms with Gasteiger partial charge in [-0.2, -0.15) is 4.98 Å². The zero-order valence-electron chi connectivity index (χ0n) is 14.3. The van der Waals surface area contributed by atoms with E-state index in [2.05, 4.69) is 26.9 Å². The van der Waals surface area contributed by atoms with Crippen LogP contribution >= 0.6 is 0 Å². The summed E-state index contributed by atoms with van der Waals surface area (Å²) in [7, 11) is 0. The lowest BCUT2D eigenvalue weighted by Crippen LogP contribution is -2.48. The Morgan fingerprint density at radius 3 is 2.78 bits per heavy atom. The van der Waals surface area contributed by atoms with Crippen molar-refractivity contribution >= 4 is 5.91 Å². The smallest absolute Gasteiger partial charge is 0.226 e. The van der Waals surface area contributed by atoms with Crippen LogP contribution in [0.15, 0.2) is 4.52 Å². The third kappa shape index (κ3) is 3.57. The molecule has 128 valence electrons. The van der Waals surface area contributed by atoms with Crippen molar-refractivity contribution in [3.05, 3.63) is 11.7 Å². The molecule has 0 spiro atoms. The van der Waals surface area contributed by atoms with Crippen LogP contribution in [0.3, 0.4) is 0 Å². The van der Waals surface area contributed by atoms with Crippen molar-refractivity contribution in [1.82, 2.24) is 19.9 Å². The summed E-state index contributed by atoms with van der Waals surface area (Å²) >= 11 is 0. The highest BCUT2D eigenvalue weighted by atomic mass is 16.5. The molecule has 0 aromatic carbocycles. The molecule has 2 saturated heterocycles. The van der Waals surface area contributed by atoms with Gasteiger partial charge in [-0.1, -0.05) is 19.0 Å². The van der Waals surface area contributed by atoms with Crippen molar-refractivity contribution in [3.8, 4) is 0 Å². The first-order valence-electron chi connectivity index (χ1n) is 9.08. The van der Waals surface area contributed by atoms with Crippen LogP contribution in [0.4, 0.5) is 0 Å². The van der Waals surface area contributed by atoms with Crippen molar-refractivity contribution in [2.24, 2.45) is 0 Å². The Hall–Kier alpha value is -1.43. The standard InChI is InChI=1S/C17H28N4O2/c1-3-7-16-18-15(19-23-16)12-20-10-5-8-13(20)14-9-6-11-21(14)17(22)4-2/h13-14H,3-12H2,1-2H3/t13-,14-/m1/s1. The van der Waals surface area contributed by atoms with Crippen molar-refractivity contribution in [2.75, 3.05) is 13.1 Å². The van der Waals surface area contributed by atoms with Crippen LogP contribution in [0.2, 0.25) is 0 Å². The normalized spacial score (nSPS) is 25.4. The third-order valence-corrected chi connectivity index (χ3v) is 5.10. The topological polar surface area (TPSA) is 62.5 Å². The molecular weight excluding hydrogens is 292 g/mol. The second-order valence-electron chi connectivity index (χ2n) is 6.68. The van der Waals surface area contributed by atoms with E-state index >= 15 is 0 Å². The van der Waals surface area contributed by atoms with E-state index in [1.807, 2.05) is 6.92 Å². The van der Waals surface area contributed by atoms with Gasteiger partial charge in [0, 0.05) is 31.5 Å². The summed E-state index contributed by atoms with van der Waals surface area (Å²) in [6.07, 6.45) is 7.08. The zero-order valence-corrected chi connectivity index (χ0v) is 14.3. The minimum atomic E-state index is 0.296. The largest absolute Gasteiger partial charge is 0.339 e. The molecule has 6 nitrogen and oxygen atoms in total. The van der Waals surface area contributed by atoms with Gasteiger partial charge < -0.3 is 9.42 Å². The molecule has 2 aliphatic heterocycles. The van der Waals surface area contributed by atoms with E-state index in [-0.39, 0.29) is 0 Å². The number of carbonyl (C=O) groups is 1. The van der Waals surface area contributed by atoms with Crippen LogP contribution in [-0.4, -0.2) is 51.0 Å². The fourth-order valence-corrected chi connectivity index (χ4v) is 4.04. The van der Waals surface area contributed by atoms with E-state index in [1.54, 1.807) is 0 Å². The summed E-state index contributed by atoms with van der Waals surface area (Å²) in [5, 5.41) is 4.12. The number of amides is 1. The number of hydrogen-bond acceptors (Lipinski definition) is 5. The van der Waals surface area contributed by atoms with Gasteiger partial charge in [-0.05, 0) is 38.6 Å². The number of aryl methyl sites for hydroxylation is 1. The first-order valence-corrected chi connectivity index (χ1v) is 9.08. The Bertz CT molecular complexity index is 530. The molecule has 1 aromatic heterocycles. The van der Waals surface area contributed by atoms with Gasteiger partial charge >= 0.3 is 0 Å². The van der Waals surface area contributed by atoms with Crippen molar-refractivity contribution in [1.29, 1.82) is 0 Å². The summed E-state index contributed by atoms with van der Waals surface area (Å²) in [6.45, 7) is 6.79. The molecular formula is C17H28N4O2. The average Bonchev–Trinajstić information content (AvgIpc) is 3.27. The summed E-state index contributed by atoms with van der Waals surface area (Å²) < 4.78 is 5.30. The van der Waals surface area contributed by atoms with E-state index < -0.39 is 0 Å². The van der Waals surface area contributed by atoms with Crippen molar-refractivity contribution in [3.63, 3.8) is 0 Å². The molecule has 2 atom stereocenters. The first kappa shape index (κ1) is 16.4. The quantitative estimate of drug-likeness (QED) is 0.805. The number of likely N-dealkylation sites (tertiary alicyclic amines) is 2. The molecule has 1 amide bonds. The summed E-state index contributed by atoms with van der Waals surface area (Å²) in [6, 6.07) is 0.813. The van der Waals surface area contributed by atoms with Crippen LogP contribution in [0.25, 0.3) is 0 Å². The molecule has 0 N–H and O–H groups in total. The average molecular weight is 320 g/mol. The Morgan fingerprint density at radius 1 is 1.22 bits per heavy atom. The van der Waals surface area contributed by atoms with Crippen LogP contribution in [0.1, 0.15) is 64.1 Å². The van der Waals surface area contributed by atoms with E-state index in [9.17, 15) is 4.79 Å². The zero-order chi connectivity index (χ0) is 16.2. The predicted molar refractivity (Wildman–Crippen MR) is 86.8 cm³/mol. The van der Waals surface area contributed by atoms with Crippen molar-refractivity contribution < 1.29 is 9.32 Å². The van der Waals surface area contributed by atoms with Gasteiger partial charge in [0.1, 0.15) is 0 Å². The van der Waals surface area contributed by atoms with Gasteiger partial charge in [0.25, 0.3) is 0 Å². The fourth-order valence-electron chi connectivity index (χ4n) is 4.04. The van der Waals surface area contributed by atoms with Gasteiger partial charge in [-0.25, -0.2) is 0 Å². The van der Waals surface area contributed by atoms with Gasteiger partial charge in [0.05, 0.1) is 6.54 Å². The lowest BCUT2D eigenvalue weighted by Gasteiger charge is -2.34. The summed E-state index contributed by atoms with van der Waals surface area (Å²) in [5.74, 6) is 1.82. The van der Waals surface area contributed by atoms with Crippen LogP contribution in [0, 0.1) is 0 Å². The Kier molecular flexibility index (Phi) is 5.30. The van der Waals surface area contributed by atoms with E-state index in [4.69, 9.17) is 4.52 Å². The maximum absolute atomic E-state index is 12.2. The van der Waals surface area contributed by atoms with E-state index in [1.165, 1.54) is 6.42 Å².